The fourth-order valence-electron chi connectivity index (χ4n) is 1.72. The van der Waals surface area contributed by atoms with Gasteiger partial charge in [0.2, 0.25) is 0 Å². The van der Waals surface area contributed by atoms with Gasteiger partial charge in [-0.2, -0.15) is 0 Å². The van der Waals surface area contributed by atoms with Gasteiger partial charge in [-0.3, -0.25) is 9.97 Å². The molecule has 0 aliphatic rings. The average molecular weight is 265 g/mol. The number of hydrogen-bond donors (Lipinski definition) is 1. The van der Waals surface area contributed by atoms with Gasteiger partial charge < -0.3 is 9.84 Å². The smallest absolute Gasteiger partial charge is 0.142 e. The molecule has 0 aliphatic carbocycles. The van der Waals surface area contributed by atoms with Crippen molar-refractivity contribution in [3.63, 3.8) is 0 Å². The Morgan fingerprint density at radius 2 is 2.00 bits per heavy atom. The maximum absolute atomic E-state index is 10.2. The predicted octanol–water partition coefficient (Wildman–Crippen LogP) is 2.41. The zero-order valence-electron chi connectivity index (χ0n) is 9.88. The SMILES string of the molecule is COc1cnccc1C(O)Cc1ccncc1Cl. The Morgan fingerprint density at radius 1 is 1.28 bits per heavy atom. The summed E-state index contributed by atoms with van der Waals surface area (Å²) in [6, 6.07) is 3.53. The molecule has 0 spiro atoms. The van der Waals surface area contributed by atoms with Crippen LogP contribution in [0.5, 0.6) is 5.75 Å². The maximum atomic E-state index is 10.2. The van der Waals surface area contributed by atoms with Crippen LogP contribution >= 0.6 is 11.6 Å². The van der Waals surface area contributed by atoms with E-state index in [1.54, 1.807) is 44.0 Å². The Hall–Kier alpha value is -1.65. The minimum Gasteiger partial charge on any atom is -0.495 e. The fraction of sp³-hybridized carbons (Fsp3) is 0.231. The number of methoxy groups -OCH3 is 1. The molecule has 0 fully saturated rings. The first kappa shape index (κ1) is 12.8. The summed E-state index contributed by atoms with van der Waals surface area (Å²) in [7, 11) is 1.55. The first-order valence-corrected chi connectivity index (χ1v) is 5.84. The molecular formula is C13H13ClN2O2. The highest BCUT2D eigenvalue weighted by Gasteiger charge is 2.15. The van der Waals surface area contributed by atoms with Crippen molar-refractivity contribution in [2.75, 3.05) is 7.11 Å². The van der Waals surface area contributed by atoms with Crippen LogP contribution in [0.1, 0.15) is 17.2 Å². The molecule has 0 radical (unpaired) electrons. The van der Waals surface area contributed by atoms with Gasteiger partial charge in [-0.15, -0.1) is 0 Å². The third kappa shape index (κ3) is 2.78. The van der Waals surface area contributed by atoms with E-state index >= 15 is 0 Å². The summed E-state index contributed by atoms with van der Waals surface area (Å²) in [5.41, 5.74) is 1.54. The van der Waals surface area contributed by atoms with E-state index in [9.17, 15) is 5.11 Å². The summed E-state index contributed by atoms with van der Waals surface area (Å²) in [6.07, 6.45) is 6.12. The molecule has 2 heterocycles. The normalized spacial score (nSPS) is 12.2. The van der Waals surface area contributed by atoms with Crippen LogP contribution in [0.4, 0.5) is 0 Å². The summed E-state index contributed by atoms with van der Waals surface area (Å²) in [5, 5.41) is 10.8. The Labute approximate surface area is 110 Å². The van der Waals surface area contributed by atoms with Crippen molar-refractivity contribution in [3.05, 3.63) is 53.1 Å². The number of rotatable bonds is 4. The molecular weight excluding hydrogens is 252 g/mol. The Bertz CT molecular complexity index is 534. The molecule has 2 aromatic heterocycles. The molecule has 2 rings (SSSR count). The molecule has 1 N–H and O–H groups in total. The van der Waals surface area contributed by atoms with Crippen molar-refractivity contribution in [3.8, 4) is 5.75 Å². The molecule has 0 saturated heterocycles. The van der Waals surface area contributed by atoms with Crippen LogP contribution in [0.2, 0.25) is 5.02 Å². The molecule has 18 heavy (non-hydrogen) atoms. The Morgan fingerprint density at radius 3 is 2.72 bits per heavy atom. The van der Waals surface area contributed by atoms with Gasteiger partial charge in [0.1, 0.15) is 5.75 Å². The molecule has 4 nitrogen and oxygen atoms in total. The Kier molecular flexibility index (Phi) is 4.12. The number of aliphatic hydroxyl groups excluding tert-OH is 1. The zero-order valence-corrected chi connectivity index (χ0v) is 10.6. The lowest BCUT2D eigenvalue weighted by Gasteiger charge is -2.14. The third-order valence-corrected chi connectivity index (χ3v) is 3.01. The van der Waals surface area contributed by atoms with Gasteiger partial charge in [0, 0.05) is 30.6 Å². The van der Waals surface area contributed by atoms with Crippen molar-refractivity contribution in [2.45, 2.75) is 12.5 Å². The van der Waals surface area contributed by atoms with E-state index in [1.165, 1.54) is 0 Å². The molecule has 0 amide bonds. The van der Waals surface area contributed by atoms with Crippen molar-refractivity contribution in [1.82, 2.24) is 9.97 Å². The number of hydrogen-bond acceptors (Lipinski definition) is 4. The predicted molar refractivity (Wildman–Crippen MR) is 68.7 cm³/mol. The van der Waals surface area contributed by atoms with Gasteiger partial charge >= 0.3 is 0 Å². The van der Waals surface area contributed by atoms with Crippen molar-refractivity contribution in [1.29, 1.82) is 0 Å². The number of aromatic nitrogens is 2. The highest BCUT2D eigenvalue weighted by Crippen LogP contribution is 2.28. The minimum absolute atomic E-state index is 0.404. The molecule has 0 bridgehead atoms. The first-order chi connectivity index (χ1) is 8.72. The molecule has 5 heteroatoms. The number of nitrogens with zero attached hydrogens (tertiary/aromatic N) is 2. The second kappa shape index (κ2) is 5.80. The van der Waals surface area contributed by atoms with Gasteiger partial charge in [0.05, 0.1) is 24.4 Å². The van der Waals surface area contributed by atoms with Crippen LogP contribution in [0.15, 0.2) is 36.9 Å². The highest BCUT2D eigenvalue weighted by molar-refractivity contribution is 6.31. The van der Waals surface area contributed by atoms with Gasteiger partial charge in [-0.25, -0.2) is 0 Å². The molecule has 2 aromatic rings. The summed E-state index contributed by atoms with van der Waals surface area (Å²) >= 11 is 6.01. The van der Waals surface area contributed by atoms with Crippen LogP contribution in [0.3, 0.4) is 0 Å². The standard InChI is InChI=1S/C13H13ClN2O2/c1-18-13-8-16-5-3-10(13)12(17)6-9-2-4-15-7-11(9)14/h2-5,7-8,12,17H,6H2,1H3. The van der Waals surface area contributed by atoms with Gasteiger partial charge in [-0.05, 0) is 17.7 Å². The minimum atomic E-state index is -0.692. The van der Waals surface area contributed by atoms with Crippen LogP contribution < -0.4 is 4.74 Å². The second-order valence-corrected chi connectivity index (χ2v) is 4.21. The number of pyridine rings is 2. The van der Waals surface area contributed by atoms with Crippen LogP contribution in [-0.4, -0.2) is 22.2 Å². The molecule has 0 aliphatic heterocycles. The van der Waals surface area contributed by atoms with Crippen LogP contribution in [0.25, 0.3) is 0 Å². The van der Waals surface area contributed by atoms with E-state index in [0.717, 1.165) is 5.56 Å². The van der Waals surface area contributed by atoms with Gasteiger partial charge in [-0.1, -0.05) is 11.6 Å². The highest BCUT2D eigenvalue weighted by atomic mass is 35.5. The molecule has 94 valence electrons. The Balaban J connectivity index is 2.22. The van der Waals surface area contributed by atoms with Crippen molar-refractivity contribution in [2.24, 2.45) is 0 Å². The summed E-state index contributed by atoms with van der Waals surface area (Å²) in [5.74, 6) is 0.565. The summed E-state index contributed by atoms with van der Waals surface area (Å²) in [4.78, 5) is 7.86. The largest absolute Gasteiger partial charge is 0.495 e. The van der Waals surface area contributed by atoms with Crippen LogP contribution in [0, 0.1) is 0 Å². The third-order valence-electron chi connectivity index (χ3n) is 2.67. The lowest BCUT2D eigenvalue weighted by molar-refractivity contribution is 0.174. The van der Waals surface area contributed by atoms with E-state index in [2.05, 4.69) is 9.97 Å². The first-order valence-electron chi connectivity index (χ1n) is 5.46. The topological polar surface area (TPSA) is 55.2 Å². The summed E-state index contributed by atoms with van der Waals surface area (Å²) in [6.45, 7) is 0. The zero-order chi connectivity index (χ0) is 13.0. The number of aliphatic hydroxyl groups is 1. The number of ether oxygens (including phenoxy) is 1. The van der Waals surface area contributed by atoms with E-state index in [4.69, 9.17) is 16.3 Å². The maximum Gasteiger partial charge on any atom is 0.142 e. The van der Waals surface area contributed by atoms with Crippen molar-refractivity contribution < 1.29 is 9.84 Å². The molecule has 0 aromatic carbocycles. The van der Waals surface area contributed by atoms with Crippen molar-refractivity contribution >= 4 is 11.6 Å². The molecule has 0 saturated carbocycles. The van der Waals surface area contributed by atoms with E-state index in [-0.39, 0.29) is 0 Å². The van der Waals surface area contributed by atoms with Gasteiger partial charge in [0.15, 0.2) is 0 Å². The lowest BCUT2D eigenvalue weighted by atomic mass is 10.0. The van der Waals surface area contributed by atoms with Crippen LogP contribution in [-0.2, 0) is 6.42 Å². The fourth-order valence-corrected chi connectivity index (χ4v) is 1.92. The summed E-state index contributed by atoms with van der Waals surface area (Å²) < 4.78 is 5.17. The monoisotopic (exact) mass is 264 g/mol. The number of halogens is 1. The van der Waals surface area contributed by atoms with E-state index < -0.39 is 6.10 Å². The second-order valence-electron chi connectivity index (χ2n) is 3.80. The molecule has 1 atom stereocenters. The van der Waals surface area contributed by atoms with Gasteiger partial charge in [0.25, 0.3) is 0 Å². The van der Waals surface area contributed by atoms with E-state index in [1.807, 2.05) is 0 Å². The lowest BCUT2D eigenvalue weighted by Crippen LogP contribution is -2.05. The quantitative estimate of drug-likeness (QED) is 0.921. The molecule has 1 unspecified atom stereocenters. The average Bonchev–Trinajstić information content (AvgIpc) is 2.41. The van der Waals surface area contributed by atoms with E-state index in [0.29, 0.717) is 22.8 Å².